The van der Waals surface area contributed by atoms with E-state index < -0.39 is 0 Å². The molecular weight excluding hydrogens is 297 g/mol. The van der Waals surface area contributed by atoms with Crippen molar-refractivity contribution in [2.75, 3.05) is 20.2 Å². The molecule has 122 valence electrons. The number of halogens is 1. The van der Waals surface area contributed by atoms with Gasteiger partial charge in [-0.3, -0.25) is 9.89 Å². The van der Waals surface area contributed by atoms with Gasteiger partial charge in [-0.05, 0) is 37.1 Å². The van der Waals surface area contributed by atoms with E-state index >= 15 is 0 Å². The molecule has 1 aliphatic heterocycles. The molecule has 0 spiro atoms. The van der Waals surface area contributed by atoms with Crippen LogP contribution in [0.25, 0.3) is 0 Å². The molecule has 1 aromatic heterocycles. The number of piperidine rings is 1. The van der Waals surface area contributed by atoms with Crippen LogP contribution in [0.3, 0.4) is 0 Å². The van der Waals surface area contributed by atoms with Crippen molar-refractivity contribution >= 4 is 5.91 Å². The molecule has 1 amide bonds. The fourth-order valence-corrected chi connectivity index (χ4v) is 3.07. The lowest BCUT2D eigenvalue weighted by molar-refractivity contribution is 0.0705. The highest BCUT2D eigenvalue weighted by molar-refractivity contribution is 5.94. The first-order valence-corrected chi connectivity index (χ1v) is 7.75. The number of H-pyrrole nitrogens is 1. The van der Waals surface area contributed by atoms with Gasteiger partial charge in [0.05, 0.1) is 6.61 Å². The number of ether oxygens (including phenoxy) is 1. The van der Waals surface area contributed by atoms with Crippen molar-refractivity contribution in [1.82, 2.24) is 15.1 Å². The summed E-state index contributed by atoms with van der Waals surface area (Å²) in [5.74, 6) is -0.141. The van der Waals surface area contributed by atoms with Gasteiger partial charge in [-0.15, -0.1) is 0 Å². The number of carbonyl (C=O) groups is 1. The molecule has 23 heavy (non-hydrogen) atoms. The smallest absolute Gasteiger partial charge is 0.253 e. The first-order valence-electron chi connectivity index (χ1n) is 7.75. The summed E-state index contributed by atoms with van der Waals surface area (Å²) in [6, 6.07) is 6.41. The number of nitrogens with one attached hydrogen (secondary N) is 1. The van der Waals surface area contributed by atoms with Gasteiger partial charge in [0.15, 0.2) is 0 Å². The van der Waals surface area contributed by atoms with Crippen molar-refractivity contribution in [2.24, 2.45) is 0 Å². The van der Waals surface area contributed by atoms with Crippen LogP contribution in [0.4, 0.5) is 4.39 Å². The Morgan fingerprint density at radius 1 is 1.48 bits per heavy atom. The Bertz CT molecular complexity index is 672. The zero-order valence-electron chi connectivity index (χ0n) is 13.1. The van der Waals surface area contributed by atoms with E-state index in [1.165, 1.54) is 19.2 Å². The van der Waals surface area contributed by atoms with E-state index in [1.54, 1.807) is 12.3 Å². The van der Waals surface area contributed by atoms with E-state index in [1.807, 2.05) is 11.0 Å². The van der Waals surface area contributed by atoms with Crippen LogP contribution in [0.15, 0.2) is 30.5 Å². The van der Waals surface area contributed by atoms with Crippen LogP contribution in [0.2, 0.25) is 0 Å². The number of amides is 1. The molecule has 0 aliphatic carbocycles. The van der Waals surface area contributed by atoms with Crippen molar-refractivity contribution in [1.29, 1.82) is 0 Å². The number of methoxy groups -OCH3 is 1. The molecule has 0 saturated carbocycles. The molecule has 2 aromatic rings. The van der Waals surface area contributed by atoms with Gasteiger partial charge < -0.3 is 9.64 Å². The fraction of sp³-hybridized carbons (Fsp3) is 0.412. The number of aromatic nitrogens is 2. The number of rotatable bonds is 4. The van der Waals surface area contributed by atoms with Crippen LogP contribution in [0.1, 0.15) is 40.4 Å². The second kappa shape index (κ2) is 6.91. The number of benzene rings is 1. The second-order valence-corrected chi connectivity index (χ2v) is 5.84. The molecule has 2 heterocycles. The Labute approximate surface area is 134 Å². The summed E-state index contributed by atoms with van der Waals surface area (Å²) in [4.78, 5) is 14.6. The molecule has 1 N–H and O–H groups in total. The van der Waals surface area contributed by atoms with Gasteiger partial charge in [0, 0.05) is 49.1 Å². The summed E-state index contributed by atoms with van der Waals surface area (Å²) in [7, 11) is 1.51. The highest BCUT2D eigenvalue weighted by Crippen LogP contribution is 2.26. The minimum absolute atomic E-state index is 0.0634. The lowest BCUT2D eigenvalue weighted by atomic mass is 9.94. The molecule has 1 aromatic carbocycles. The summed E-state index contributed by atoms with van der Waals surface area (Å²) >= 11 is 0. The summed E-state index contributed by atoms with van der Waals surface area (Å²) in [5, 5.41) is 6.97. The topological polar surface area (TPSA) is 58.2 Å². The highest BCUT2D eigenvalue weighted by Gasteiger charge is 2.26. The van der Waals surface area contributed by atoms with Gasteiger partial charge in [-0.25, -0.2) is 4.39 Å². The zero-order chi connectivity index (χ0) is 16.2. The van der Waals surface area contributed by atoms with E-state index in [-0.39, 0.29) is 24.2 Å². The van der Waals surface area contributed by atoms with Crippen molar-refractivity contribution in [3.8, 4) is 0 Å². The Kier molecular flexibility index (Phi) is 4.71. The largest absolute Gasteiger partial charge is 0.380 e. The third-order valence-electron chi connectivity index (χ3n) is 4.26. The van der Waals surface area contributed by atoms with E-state index in [4.69, 9.17) is 4.74 Å². The zero-order valence-corrected chi connectivity index (χ0v) is 13.1. The first kappa shape index (κ1) is 15.7. The summed E-state index contributed by atoms with van der Waals surface area (Å²) in [6.45, 7) is 1.53. The third kappa shape index (κ3) is 3.42. The van der Waals surface area contributed by atoms with Crippen molar-refractivity contribution in [2.45, 2.75) is 25.4 Å². The lowest BCUT2D eigenvalue weighted by Gasteiger charge is -2.32. The van der Waals surface area contributed by atoms with Crippen LogP contribution >= 0.6 is 0 Å². The van der Waals surface area contributed by atoms with Gasteiger partial charge in [0.25, 0.3) is 5.91 Å². The quantitative estimate of drug-likeness (QED) is 0.943. The Hall–Kier alpha value is -2.21. The Morgan fingerprint density at radius 2 is 2.35 bits per heavy atom. The van der Waals surface area contributed by atoms with Gasteiger partial charge in [-0.1, -0.05) is 0 Å². The van der Waals surface area contributed by atoms with Gasteiger partial charge in [-0.2, -0.15) is 5.10 Å². The minimum Gasteiger partial charge on any atom is -0.380 e. The van der Waals surface area contributed by atoms with Crippen LogP contribution in [-0.4, -0.2) is 41.2 Å². The number of hydrogen-bond donors (Lipinski definition) is 1. The molecule has 3 rings (SSSR count). The second-order valence-electron chi connectivity index (χ2n) is 5.84. The number of aromatic amines is 1. The van der Waals surface area contributed by atoms with Gasteiger partial charge >= 0.3 is 0 Å². The molecule has 0 radical (unpaired) electrons. The van der Waals surface area contributed by atoms with Crippen molar-refractivity contribution in [3.63, 3.8) is 0 Å². The molecule has 1 atom stereocenters. The SMILES string of the molecule is COCc1cc(C(=O)N2CCC[C@@H](c3ccn[nH]3)C2)ccc1F. The van der Waals surface area contributed by atoms with E-state index in [0.29, 0.717) is 17.7 Å². The fourth-order valence-electron chi connectivity index (χ4n) is 3.07. The summed E-state index contributed by atoms with van der Waals surface area (Å²) in [5.41, 5.74) is 1.96. The van der Waals surface area contributed by atoms with Crippen molar-refractivity contribution < 1.29 is 13.9 Å². The van der Waals surface area contributed by atoms with E-state index in [0.717, 1.165) is 25.1 Å². The summed E-state index contributed by atoms with van der Waals surface area (Å²) in [6.07, 6.45) is 3.71. The predicted octanol–water partition coefficient (Wildman–Crippen LogP) is 2.72. The van der Waals surface area contributed by atoms with Crippen LogP contribution in [-0.2, 0) is 11.3 Å². The van der Waals surface area contributed by atoms with Gasteiger partial charge in [0.2, 0.25) is 0 Å². The molecule has 0 bridgehead atoms. The average Bonchev–Trinajstić information content (AvgIpc) is 3.11. The van der Waals surface area contributed by atoms with Crippen LogP contribution in [0, 0.1) is 5.82 Å². The van der Waals surface area contributed by atoms with Crippen LogP contribution < -0.4 is 0 Å². The monoisotopic (exact) mass is 317 g/mol. The standard InChI is InChI=1S/C17H20FN3O2/c1-23-11-14-9-12(4-5-15(14)18)17(22)21-8-2-3-13(10-21)16-6-7-19-20-16/h4-7,9,13H,2-3,8,10-11H2,1H3,(H,19,20)/t13-/m1/s1. The predicted molar refractivity (Wildman–Crippen MR) is 83.6 cm³/mol. The molecular formula is C17H20FN3O2. The molecule has 1 aliphatic rings. The lowest BCUT2D eigenvalue weighted by Crippen LogP contribution is -2.39. The Balaban J connectivity index is 1.76. The number of carbonyl (C=O) groups excluding carboxylic acids is 1. The van der Waals surface area contributed by atoms with Crippen molar-refractivity contribution in [3.05, 3.63) is 53.1 Å². The maximum atomic E-state index is 13.7. The maximum Gasteiger partial charge on any atom is 0.253 e. The summed E-state index contributed by atoms with van der Waals surface area (Å²) < 4.78 is 18.7. The van der Waals surface area contributed by atoms with Gasteiger partial charge in [0.1, 0.15) is 5.82 Å². The molecule has 6 heteroatoms. The number of hydrogen-bond acceptors (Lipinski definition) is 3. The molecule has 1 fully saturated rings. The number of likely N-dealkylation sites (tertiary alicyclic amines) is 1. The van der Waals surface area contributed by atoms with Crippen LogP contribution in [0.5, 0.6) is 0 Å². The maximum absolute atomic E-state index is 13.7. The normalized spacial score (nSPS) is 18.2. The van der Waals surface area contributed by atoms with E-state index in [2.05, 4.69) is 10.2 Å². The average molecular weight is 317 g/mol. The molecule has 5 nitrogen and oxygen atoms in total. The molecule has 1 saturated heterocycles. The number of nitrogens with zero attached hydrogens (tertiary/aromatic N) is 2. The van der Waals surface area contributed by atoms with E-state index in [9.17, 15) is 9.18 Å². The minimum atomic E-state index is -0.350. The molecule has 0 unspecified atom stereocenters. The Morgan fingerprint density at radius 3 is 3.09 bits per heavy atom. The highest BCUT2D eigenvalue weighted by atomic mass is 19.1. The first-order chi connectivity index (χ1) is 11.2. The third-order valence-corrected chi connectivity index (χ3v) is 4.26.